The highest BCUT2D eigenvalue weighted by Gasteiger charge is 2.53. The maximum Gasteiger partial charge on any atom is 0.359 e. The average Bonchev–Trinajstić information content (AvgIpc) is 2.90. The Morgan fingerprint density at radius 3 is 2.24 bits per heavy atom. The van der Waals surface area contributed by atoms with Gasteiger partial charge in [0.1, 0.15) is 17.9 Å². The second kappa shape index (κ2) is 13.7. The molecule has 0 bridgehead atoms. The average molecular weight is 623 g/mol. The zero-order valence-corrected chi connectivity index (χ0v) is 25.5. The number of likely N-dealkylation sites (tertiary alicyclic amines) is 1. The Balaban J connectivity index is 2.04. The van der Waals surface area contributed by atoms with Crippen LogP contribution in [-0.4, -0.2) is 49.3 Å². The summed E-state index contributed by atoms with van der Waals surface area (Å²) in [5, 5.41) is 20.4. The molecular formula is C28H31ClN2O8S2. The maximum atomic E-state index is 13.6. The van der Waals surface area contributed by atoms with Crippen LogP contribution in [0.5, 0.6) is 5.75 Å². The van der Waals surface area contributed by atoms with E-state index in [-0.39, 0.29) is 28.2 Å². The number of nitrogens with zero attached hydrogens (tertiary/aromatic N) is 2. The lowest BCUT2D eigenvalue weighted by molar-refractivity contribution is -0.384. The summed E-state index contributed by atoms with van der Waals surface area (Å²) in [4.78, 5) is 52.2. The second-order valence-corrected chi connectivity index (χ2v) is 12.9. The van der Waals surface area contributed by atoms with Crippen molar-refractivity contribution in [2.24, 2.45) is 11.3 Å². The quantitative estimate of drug-likeness (QED) is 0.0382. The minimum atomic E-state index is -1.11. The topological polar surface area (TPSA) is 136 Å². The number of amides is 1. The Morgan fingerprint density at radius 1 is 1.15 bits per heavy atom. The lowest BCUT2D eigenvalue weighted by Crippen LogP contribution is -2.62. The first-order valence-electron chi connectivity index (χ1n) is 12.7. The Kier molecular flexibility index (Phi) is 10.9. The predicted molar refractivity (Wildman–Crippen MR) is 157 cm³/mol. The van der Waals surface area contributed by atoms with Crippen molar-refractivity contribution in [1.29, 1.82) is 0 Å². The number of halogens is 1. The molecule has 220 valence electrons. The van der Waals surface area contributed by atoms with E-state index in [2.05, 4.69) is 0 Å². The van der Waals surface area contributed by atoms with Crippen LogP contribution in [0.3, 0.4) is 0 Å². The van der Waals surface area contributed by atoms with E-state index in [4.69, 9.17) is 21.1 Å². The molecule has 1 heterocycles. The van der Waals surface area contributed by atoms with Crippen LogP contribution < -0.4 is 4.74 Å². The zero-order chi connectivity index (χ0) is 30.5. The van der Waals surface area contributed by atoms with Gasteiger partial charge < -0.3 is 14.6 Å². The van der Waals surface area contributed by atoms with E-state index in [0.29, 0.717) is 23.1 Å². The number of carbonyl (C=O) groups is 3. The van der Waals surface area contributed by atoms with Crippen LogP contribution in [0.25, 0.3) is 0 Å². The number of carbonyl (C=O) groups excluding carboxylic acids is 3. The zero-order valence-electron chi connectivity index (χ0n) is 23.2. The molecule has 0 saturated carbocycles. The molecule has 0 radical (unpaired) electrons. The third-order valence-corrected chi connectivity index (χ3v) is 8.49. The van der Waals surface area contributed by atoms with Crippen molar-refractivity contribution < 1.29 is 33.9 Å². The minimum absolute atomic E-state index is 0.128. The molecule has 10 nitrogen and oxygen atoms in total. The van der Waals surface area contributed by atoms with Crippen molar-refractivity contribution in [2.75, 3.05) is 5.75 Å². The fourth-order valence-electron chi connectivity index (χ4n) is 3.59. The fourth-order valence-corrected chi connectivity index (χ4v) is 5.66. The van der Waals surface area contributed by atoms with Crippen molar-refractivity contribution in [2.45, 2.75) is 57.7 Å². The molecule has 0 unspecified atom stereocenters. The number of β-lactam (4-membered cyclic amide) rings is 1. The number of hydrogen-bond acceptors (Lipinski definition) is 10. The normalized spacial score (nSPS) is 18.2. The van der Waals surface area contributed by atoms with Crippen LogP contribution in [0.4, 0.5) is 5.69 Å². The van der Waals surface area contributed by atoms with Gasteiger partial charge in [0.25, 0.3) is 5.69 Å². The number of aliphatic hydroxyl groups excluding tert-OH is 1. The number of non-ortho nitro benzene ring substituents is 1. The summed E-state index contributed by atoms with van der Waals surface area (Å²) in [5.41, 5.74) is -2.01. The summed E-state index contributed by atoms with van der Waals surface area (Å²) in [6, 6.07) is 12.4. The van der Waals surface area contributed by atoms with E-state index >= 15 is 0 Å². The number of esters is 1. The van der Waals surface area contributed by atoms with Crippen molar-refractivity contribution in [3.63, 3.8) is 0 Å². The Bertz CT molecular complexity index is 1320. The second-order valence-electron chi connectivity index (χ2n) is 10.1. The predicted octanol–water partition coefficient (Wildman–Crippen LogP) is 5.71. The molecule has 2 aromatic carbocycles. The largest absolute Gasteiger partial charge is 0.456 e. The number of nitro groups is 1. The summed E-state index contributed by atoms with van der Waals surface area (Å²) >= 11 is 8.75. The van der Waals surface area contributed by atoms with Crippen LogP contribution in [0.15, 0.2) is 64.2 Å². The monoisotopic (exact) mass is 622 g/mol. The Labute approximate surface area is 251 Å². The molecule has 1 fully saturated rings. The molecule has 1 N–H and O–H groups in total. The lowest BCUT2D eigenvalue weighted by atomic mass is 9.92. The van der Waals surface area contributed by atoms with Crippen molar-refractivity contribution >= 4 is 57.8 Å². The molecule has 1 amide bonds. The van der Waals surface area contributed by atoms with Crippen molar-refractivity contribution in [3.8, 4) is 5.75 Å². The van der Waals surface area contributed by atoms with Gasteiger partial charge in [-0.3, -0.25) is 24.6 Å². The number of ether oxygens (including phenoxy) is 2. The Hall–Kier alpha value is -3.06. The number of benzene rings is 2. The maximum absolute atomic E-state index is 13.6. The lowest BCUT2D eigenvalue weighted by Gasteiger charge is -2.45. The van der Waals surface area contributed by atoms with Gasteiger partial charge in [0.15, 0.2) is 10.8 Å². The smallest absolute Gasteiger partial charge is 0.359 e. The number of thioether (sulfide) groups is 2. The van der Waals surface area contributed by atoms with E-state index < -0.39 is 39.7 Å². The summed E-state index contributed by atoms with van der Waals surface area (Å²) in [6.45, 7) is 8.25. The first-order valence-corrected chi connectivity index (χ1v) is 14.9. The molecule has 3 atom stereocenters. The van der Waals surface area contributed by atoms with Crippen LogP contribution >= 0.6 is 35.1 Å². The number of rotatable bonds is 11. The van der Waals surface area contributed by atoms with Gasteiger partial charge in [-0.25, -0.2) is 4.79 Å². The molecular weight excluding hydrogens is 592 g/mol. The summed E-state index contributed by atoms with van der Waals surface area (Å²) in [6.07, 6.45) is -1.09. The van der Waals surface area contributed by atoms with E-state index in [1.165, 1.54) is 31.2 Å². The molecule has 2 aromatic rings. The highest BCUT2D eigenvalue weighted by molar-refractivity contribution is 8.16. The number of nitro benzene ring substituents is 1. The number of alkyl halides is 1. The summed E-state index contributed by atoms with van der Waals surface area (Å²) in [7, 11) is 0. The molecule has 41 heavy (non-hydrogen) atoms. The van der Waals surface area contributed by atoms with E-state index in [9.17, 15) is 29.6 Å². The third kappa shape index (κ3) is 8.03. The van der Waals surface area contributed by atoms with Gasteiger partial charge in [0.05, 0.1) is 16.9 Å². The molecule has 1 saturated heterocycles. The standard InChI is InChI=1S/C28H31ClN2O8S2/c1-6-40-20-13-11-19(12-14-20)39-26(41-27(35)28(3,4)5)22(30-23(29)21(16(2)32)24(30)33)25(34)38-15-17-7-9-18(10-8-17)31(36)37/h7-14,16,21,23,32H,6,15H2,1-5H3/t16-,21-,23-/m1/s1. The summed E-state index contributed by atoms with van der Waals surface area (Å²) in [5.74, 6) is -1.45. The highest BCUT2D eigenvalue weighted by Crippen LogP contribution is 2.41. The van der Waals surface area contributed by atoms with Gasteiger partial charge in [-0.1, -0.05) is 39.3 Å². The SMILES string of the molecule is CCSc1ccc(OC(SC(=O)C(C)(C)C)=C(C(=O)OCc2ccc([N+](=O)[O-])cc2)N2C(=O)[C@H]([C@@H](C)O)[C@@H]2Cl)cc1. The van der Waals surface area contributed by atoms with Crippen LogP contribution in [0, 0.1) is 21.4 Å². The minimum Gasteiger partial charge on any atom is -0.456 e. The van der Waals surface area contributed by atoms with Gasteiger partial charge >= 0.3 is 5.97 Å². The van der Waals surface area contributed by atoms with Gasteiger partial charge in [-0.15, -0.1) is 11.8 Å². The van der Waals surface area contributed by atoms with Gasteiger partial charge in [0.2, 0.25) is 11.0 Å². The number of aliphatic hydroxyl groups is 1. The van der Waals surface area contributed by atoms with E-state index in [1.54, 1.807) is 44.7 Å². The highest BCUT2D eigenvalue weighted by atomic mass is 35.5. The van der Waals surface area contributed by atoms with E-state index in [1.807, 2.05) is 19.1 Å². The van der Waals surface area contributed by atoms with Gasteiger partial charge in [-0.05, 0) is 66.4 Å². The first-order chi connectivity index (χ1) is 19.2. The number of hydrogen-bond donors (Lipinski definition) is 1. The van der Waals surface area contributed by atoms with E-state index in [0.717, 1.165) is 15.5 Å². The van der Waals surface area contributed by atoms with Crippen LogP contribution in [-0.2, 0) is 25.7 Å². The van der Waals surface area contributed by atoms with Crippen LogP contribution in [0.2, 0.25) is 0 Å². The molecule has 0 spiro atoms. The molecule has 1 aliphatic rings. The van der Waals surface area contributed by atoms with Gasteiger partial charge in [0, 0.05) is 22.4 Å². The van der Waals surface area contributed by atoms with Crippen molar-refractivity contribution in [3.05, 3.63) is 75.0 Å². The fraction of sp³-hybridized carbons (Fsp3) is 0.393. The third-order valence-electron chi connectivity index (χ3n) is 5.87. The van der Waals surface area contributed by atoms with Crippen molar-refractivity contribution in [1.82, 2.24) is 4.90 Å². The molecule has 13 heteroatoms. The molecule has 1 aliphatic heterocycles. The first kappa shape index (κ1) is 32.5. The molecule has 0 aromatic heterocycles. The van der Waals surface area contributed by atoms with Gasteiger partial charge in [-0.2, -0.15) is 0 Å². The molecule has 3 rings (SSSR count). The summed E-state index contributed by atoms with van der Waals surface area (Å²) < 4.78 is 11.5. The van der Waals surface area contributed by atoms with Crippen LogP contribution in [0.1, 0.15) is 40.2 Å². The molecule has 0 aliphatic carbocycles. The Morgan fingerprint density at radius 2 is 1.76 bits per heavy atom.